The van der Waals surface area contributed by atoms with Crippen LogP contribution < -0.4 is 10.2 Å². The summed E-state index contributed by atoms with van der Waals surface area (Å²) < 4.78 is -0.675. The van der Waals surface area contributed by atoms with Gasteiger partial charge in [0, 0.05) is 49.1 Å². The van der Waals surface area contributed by atoms with Gasteiger partial charge < -0.3 is 25.1 Å². The minimum Gasteiger partial charge on any atom is -0.465 e. The highest BCUT2D eigenvalue weighted by molar-refractivity contribution is 8.01. The third-order valence-corrected chi connectivity index (χ3v) is 8.01. The number of carboxylic acid groups (broad SMARTS) is 1. The van der Waals surface area contributed by atoms with Gasteiger partial charge in [0.15, 0.2) is 0 Å². The number of hydrogen-bond donors (Lipinski definition) is 2. The summed E-state index contributed by atoms with van der Waals surface area (Å²) in [5.41, 5.74) is 1.99. The van der Waals surface area contributed by atoms with E-state index in [0.29, 0.717) is 43.7 Å². The van der Waals surface area contributed by atoms with E-state index in [1.165, 1.54) is 16.7 Å². The normalized spacial score (nSPS) is 19.2. The number of nitrogens with one attached hydrogen (secondary N) is 1. The number of thioether (sulfide) groups is 1. The lowest BCUT2D eigenvalue weighted by Gasteiger charge is -2.41. The third kappa shape index (κ3) is 5.79. The summed E-state index contributed by atoms with van der Waals surface area (Å²) in [5.74, 6) is -0.314. The molecule has 2 N–H and O–H groups in total. The number of rotatable bonds is 7. The monoisotopic (exact) mass is 518 g/mol. The first kappa shape index (κ1) is 27.8. The van der Waals surface area contributed by atoms with Crippen LogP contribution in [0.2, 0.25) is 0 Å². The van der Waals surface area contributed by atoms with E-state index in [1.54, 1.807) is 22.8 Å². The van der Waals surface area contributed by atoms with Crippen molar-refractivity contribution in [3.05, 3.63) is 23.3 Å². The van der Waals surface area contributed by atoms with Crippen LogP contribution >= 0.6 is 11.8 Å². The van der Waals surface area contributed by atoms with Crippen LogP contribution in [0.15, 0.2) is 17.0 Å². The lowest BCUT2D eigenvalue weighted by Crippen LogP contribution is -2.54. The SMILES string of the molecule is CCC(=O)NCCN1C(=O)C(C)(C)Sc2cc(C)c(C(=O)N(C(C)C)[C@@H]3CCCN(C(=O)O)C3)cc21. The molecule has 0 aromatic heterocycles. The second-order valence-corrected chi connectivity index (χ2v) is 11.9. The molecule has 198 valence electrons. The molecule has 1 aromatic rings. The average molecular weight is 519 g/mol. The van der Waals surface area contributed by atoms with Gasteiger partial charge in [-0.25, -0.2) is 4.79 Å². The first-order valence-electron chi connectivity index (χ1n) is 12.6. The molecule has 36 heavy (non-hydrogen) atoms. The van der Waals surface area contributed by atoms with E-state index in [9.17, 15) is 24.3 Å². The second kappa shape index (κ2) is 11.1. The highest BCUT2D eigenvalue weighted by Gasteiger charge is 2.41. The van der Waals surface area contributed by atoms with E-state index in [-0.39, 0.29) is 36.3 Å². The second-order valence-electron chi connectivity index (χ2n) is 10.2. The van der Waals surface area contributed by atoms with Gasteiger partial charge in [-0.1, -0.05) is 6.92 Å². The number of carbonyl (C=O) groups is 4. The number of hydrogen-bond acceptors (Lipinski definition) is 5. The molecule has 1 fully saturated rings. The molecule has 0 bridgehead atoms. The predicted molar refractivity (Wildman–Crippen MR) is 141 cm³/mol. The van der Waals surface area contributed by atoms with Crippen molar-refractivity contribution in [1.82, 2.24) is 15.1 Å². The molecule has 0 spiro atoms. The van der Waals surface area contributed by atoms with Gasteiger partial charge in [-0.2, -0.15) is 0 Å². The van der Waals surface area contributed by atoms with Gasteiger partial charge in [0.25, 0.3) is 5.91 Å². The predicted octanol–water partition coefficient (Wildman–Crippen LogP) is 3.73. The van der Waals surface area contributed by atoms with Crippen LogP contribution in [-0.2, 0) is 9.59 Å². The molecular weight excluding hydrogens is 480 g/mol. The molecule has 1 atom stereocenters. The Morgan fingerprint density at radius 2 is 1.97 bits per heavy atom. The molecule has 0 unspecified atom stereocenters. The number of benzene rings is 1. The number of likely N-dealkylation sites (tertiary alicyclic amines) is 1. The topological polar surface area (TPSA) is 110 Å². The zero-order chi connectivity index (χ0) is 26.8. The van der Waals surface area contributed by atoms with Crippen LogP contribution in [0.4, 0.5) is 10.5 Å². The number of aryl methyl sites for hydroxylation is 1. The number of fused-ring (bicyclic) bond motifs is 1. The Hall–Kier alpha value is -2.75. The number of nitrogens with zero attached hydrogens (tertiary/aromatic N) is 3. The highest BCUT2D eigenvalue weighted by atomic mass is 32.2. The summed E-state index contributed by atoms with van der Waals surface area (Å²) >= 11 is 1.48. The van der Waals surface area contributed by atoms with E-state index in [4.69, 9.17) is 0 Å². The van der Waals surface area contributed by atoms with Crippen molar-refractivity contribution < 1.29 is 24.3 Å². The third-order valence-electron chi connectivity index (χ3n) is 6.78. The Morgan fingerprint density at radius 3 is 2.58 bits per heavy atom. The molecular formula is C26H38N4O5S. The fourth-order valence-electron chi connectivity index (χ4n) is 4.92. The largest absolute Gasteiger partial charge is 0.465 e. The molecule has 1 saturated heterocycles. The molecule has 1 aromatic carbocycles. The Kier molecular flexibility index (Phi) is 8.59. The Balaban J connectivity index is 1.96. The summed E-state index contributed by atoms with van der Waals surface area (Å²) in [6, 6.07) is 3.42. The molecule has 9 nitrogen and oxygen atoms in total. The molecule has 4 amide bonds. The summed E-state index contributed by atoms with van der Waals surface area (Å²) in [6.45, 7) is 12.7. The number of amides is 4. The maximum absolute atomic E-state index is 13.9. The lowest BCUT2D eigenvalue weighted by molar-refractivity contribution is -0.122. The van der Waals surface area contributed by atoms with Crippen LogP contribution in [0.5, 0.6) is 0 Å². The maximum atomic E-state index is 13.9. The van der Waals surface area contributed by atoms with E-state index >= 15 is 0 Å². The summed E-state index contributed by atoms with van der Waals surface area (Å²) in [4.78, 5) is 56.3. The van der Waals surface area contributed by atoms with Crippen molar-refractivity contribution in [3.8, 4) is 0 Å². The van der Waals surface area contributed by atoms with Crippen molar-refractivity contribution in [1.29, 1.82) is 0 Å². The molecule has 3 rings (SSSR count). The standard InChI is InChI=1S/C26H38N4O5S/c1-7-22(31)27-10-12-29-20-14-19(17(4)13-21(20)36-26(5,6)24(29)33)23(32)30(16(2)3)18-9-8-11-28(15-18)25(34)35/h13-14,16,18H,7-12,15H2,1-6H3,(H,27,31)(H,34,35)/t18-/m1/s1. The van der Waals surface area contributed by atoms with Crippen molar-refractivity contribution in [2.24, 2.45) is 0 Å². The van der Waals surface area contributed by atoms with E-state index in [0.717, 1.165) is 16.9 Å². The number of anilines is 1. The maximum Gasteiger partial charge on any atom is 0.407 e. The van der Waals surface area contributed by atoms with Gasteiger partial charge >= 0.3 is 6.09 Å². The molecule has 2 aliphatic heterocycles. The smallest absolute Gasteiger partial charge is 0.407 e. The lowest BCUT2D eigenvalue weighted by atomic mass is 9.99. The minimum atomic E-state index is -0.968. The molecule has 0 saturated carbocycles. The van der Waals surface area contributed by atoms with Crippen LogP contribution in [0.1, 0.15) is 69.8 Å². The number of piperidine rings is 1. The zero-order valence-electron chi connectivity index (χ0n) is 22.1. The van der Waals surface area contributed by atoms with E-state index in [2.05, 4.69) is 5.32 Å². The van der Waals surface area contributed by atoms with Crippen molar-refractivity contribution in [2.75, 3.05) is 31.1 Å². The molecule has 10 heteroatoms. The van der Waals surface area contributed by atoms with Crippen LogP contribution in [-0.4, -0.2) is 81.7 Å². The summed E-state index contributed by atoms with van der Waals surface area (Å²) in [5, 5.41) is 12.3. The van der Waals surface area contributed by atoms with Crippen molar-refractivity contribution in [3.63, 3.8) is 0 Å². The summed E-state index contributed by atoms with van der Waals surface area (Å²) in [6.07, 6.45) is 0.845. The van der Waals surface area contributed by atoms with Crippen molar-refractivity contribution in [2.45, 2.75) is 82.5 Å². The first-order chi connectivity index (χ1) is 16.9. The minimum absolute atomic E-state index is 0.0712. The molecule has 0 aliphatic carbocycles. The van der Waals surface area contributed by atoms with Gasteiger partial charge in [-0.15, -0.1) is 11.8 Å². The van der Waals surface area contributed by atoms with Gasteiger partial charge in [0.05, 0.1) is 16.5 Å². The molecule has 2 heterocycles. The Labute approximate surface area is 217 Å². The fourth-order valence-corrected chi connectivity index (χ4v) is 6.17. The number of carbonyl (C=O) groups excluding carboxylic acids is 3. The molecule has 0 radical (unpaired) electrons. The fraction of sp³-hybridized carbons (Fsp3) is 0.615. The van der Waals surface area contributed by atoms with Gasteiger partial charge in [-0.3, -0.25) is 14.4 Å². The van der Waals surface area contributed by atoms with Crippen LogP contribution in [0.25, 0.3) is 0 Å². The van der Waals surface area contributed by atoms with Crippen LogP contribution in [0, 0.1) is 6.92 Å². The van der Waals surface area contributed by atoms with Crippen LogP contribution in [0.3, 0.4) is 0 Å². The zero-order valence-corrected chi connectivity index (χ0v) is 22.9. The van der Waals surface area contributed by atoms with Crippen molar-refractivity contribution >= 4 is 41.3 Å². The quantitative estimate of drug-likeness (QED) is 0.569. The van der Waals surface area contributed by atoms with Gasteiger partial charge in [0.1, 0.15) is 0 Å². The Morgan fingerprint density at radius 1 is 1.28 bits per heavy atom. The van der Waals surface area contributed by atoms with E-state index in [1.807, 2.05) is 40.7 Å². The van der Waals surface area contributed by atoms with Gasteiger partial charge in [0.2, 0.25) is 11.8 Å². The average Bonchev–Trinajstić information content (AvgIpc) is 2.80. The summed E-state index contributed by atoms with van der Waals surface area (Å²) in [7, 11) is 0. The first-order valence-corrected chi connectivity index (χ1v) is 13.4. The Bertz CT molecular complexity index is 1040. The van der Waals surface area contributed by atoms with Gasteiger partial charge in [-0.05, 0) is 65.2 Å². The molecule has 2 aliphatic rings. The highest BCUT2D eigenvalue weighted by Crippen LogP contribution is 2.46. The van der Waals surface area contributed by atoms with E-state index < -0.39 is 10.8 Å².